The van der Waals surface area contributed by atoms with Gasteiger partial charge in [0.15, 0.2) is 5.82 Å². The number of carbonyl (C=O) groups is 2. The number of halogens is 2. The van der Waals surface area contributed by atoms with Crippen LogP contribution in [0.25, 0.3) is 0 Å². The highest BCUT2D eigenvalue weighted by molar-refractivity contribution is 6.31. The molecule has 1 radical (unpaired) electrons. The molecule has 11 heteroatoms. The van der Waals surface area contributed by atoms with E-state index >= 15 is 0 Å². The molecule has 2 heterocycles. The Labute approximate surface area is 182 Å². The van der Waals surface area contributed by atoms with Gasteiger partial charge in [0.25, 0.3) is 5.91 Å². The first-order valence-corrected chi connectivity index (χ1v) is 9.65. The van der Waals surface area contributed by atoms with E-state index in [2.05, 4.69) is 27.6 Å². The standard InChI is InChI=1S/C16H15ClFN3O3.C4H6N3/c1-21-7-10-9(3-5-13(10)20-16(23)24)14(21)15(22)19-8-2-4-12(18)11(17)6-8;1-4-5-3-7(2)6-4/h2,4,6-7,13,20H,3,5H2,1H3,(H,19,22)(H,23,24);3H,1H2,2H3. The van der Waals surface area contributed by atoms with Crippen molar-refractivity contribution >= 4 is 29.3 Å². The second-order valence-corrected chi connectivity index (χ2v) is 7.39. The number of hydrogen-bond acceptors (Lipinski definition) is 4. The molecule has 2 aromatic heterocycles. The number of rotatable bonds is 3. The Morgan fingerprint density at radius 2 is 2.10 bits per heavy atom. The maximum atomic E-state index is 13.2. The van der Waals surface area contributed by atoms with Gasteiger partial charge in [-0.3, -0.25) is 9.48 Å². The van der Waals surface area contributed by atoms with Crippen LogP contribution in [0.4, 0.5) is 14.9 Å². The third-order valence-corrected chi connectivity index (χ3v) is 5.01. The Balaban J connectivity index is 0.000000330. The van der Waals surface area contributed by atoms with Gasteiger partial charge in [-0.1, -0.05) is 11.6 Å². The highest BCUT2D eigenvalue weighted by Gasteiger charge is 2.31. The van der Waals surface area contributed by atoms with Gasteiger partial charge in [-0.15, -0.1) is 0 Å². The summed E-state index contributed by atoms with van der Waals surface area (Å²) in [5.74, 6) is -0.336. The van der Waals surface area contributed by atoms with Crippen LogP contribution in [-0.2, 0) is 20.5 Å². The van der Waals surface area contributed by atoms with Gasteiger partial charge in [0.1, 0.15) is 17.8 Å². The molecule has 0 fully saturated rings. The van der Waals surface area contributed by atoms with Crippen LogP contribution in [0.15, 0.2) is 30.7 Å². The van der Waals surface area contributed by atoms with E-state index in [-0.39, 0.29) is 17.0 Å². The molecule has 31 heavy (non-hydrogen) atoms. The van der Waals surface area contributed by atoms with Crippen molar-refractivity contribution in [2.45, 2.75) is 18.9 Å². The van der Waals surface area contributed by atoms with Crippen LogP contribution < -0.4 is 10.6 Å². The summed E-state index contributed by atoms with van der Waals surface area (Å²) in [5, 5.41) is 17.8. The molecule has 1 atom stereocenters. The quantitative estimate of drug-likeness (QED) is 0.570. The van der Waals surface area contributed by atoms with Crippen LogP contribution in [-0.4, -0.2) is 36.4 Å². The molecule has 4 rings (SSSR count). The van der Waals surface area contributed by atoms with Crippen molar-refractivity contribution in [2.75, 3.05) is 5.32 Å². The van der Waals surface area contributed by atoms with Crippen molar-refractivity contribution in [3.63, 3.8) is 0 Å². The highest BCUT2D eigenvalue weighted by Crippen LogP contribution is 2.35. The predicted octanol–water partition coefficient (Wildman–Crippen LogP) is 3.32. The topological polar surface area (TPSA) is 114 Å². The van der Waals surface area contributed by atoms with Crippen molar-refractivity contribution in [1.82, 2.24) is 24.6 Å². The first-order valence-electron chi connectivity index (χ1n) is 9.27. The summed E-state index contributed by atoms with van der Waals surface area (Å²) in [5.41, 5.74) is 2.48. The zero-order valence-corrected chi connectivity index (χ0v) is 17.6. The number of carboxylic acid groups (broad SMARTS) is 1. The van der Waals surface area contributed by atoms with Gasteiger partial charge in [-0.25, -0.2) is 14.2 Å². The van der Waals surface area contributed by atoms with Crippen LogP contribution >= 0.6 is 11.6 Å². The van der Waals surface area contributed by atoms with Crippen molar-refractivity contribution in [2.24, 2.45) is 14.1 Å². The Kier molecular flexibility index (Phi) is 6.59. The molecule has 1 aliphatic rings. The Morgan fingerprint density at radius 3 is 2.65 bits per heavy atom. The molecule has 0 spiro atoms. The lowest BCUT2D eigenvalue weighted by molar-refractivity contribution is 0.101. The number of benzene rings is 1. The number of carbonyl (C=O) groups excluding carboxylic acids is 1. The smallest absolute Gasteiger partial charge is 0.405 e. The minimum atomic E-state index is -1.09. The maximum absolute atomic E-state index is 13.2. The molecule has 1 aliphatic carbocycles. The fourth-order valence-electron chi connectivity index (χ4n) is 3.45. The molecule has 9 nitrogen and oxygen atoms in total. The van der Waals surface area contributed by atoms with Crippen LogP contribution in [0.1, 0.15) is 39.9 Å². The predicted molar refractivity (Wildman–Crippen MR) is 112 cm³/mol. The third-order valence-electron chi connectivity index (χ3n) is 4.72. The SMILES string of the molecule is Cn1cc2c(c1C(=O)Nc1ccc(F)c(Cl)c1)CCC2NC(=O)O.[CH2]c1ncn(C)n1. The molecule has 0 saturated carbocycles. The zero-order valence-electron chi connectivity index (χ0n) is 16.9. The lowest BCUT2D eigenvalue weighted by atomic mass is 10.1. The summed E-state index contributed by atoms with van der Waals surface area (Å²) in [7, 11) is 3.53. The van der Waals surface area contributed by atoms with E-state index in [0.717, 1.165) is 11.1 Å². The molecule has 1 unspecified atom stereocenters. The third kappa shape index (κ3) is 5.21. The van der Waals surface area contributed by atoms with E-state index in [1.165, 1.54) is 18.2 Å². The summed E-state index contributed by atoms with van der Waals surface area (Å²) >= 11 is 5.72. The van der Waals surface area contributed by atoms with Crippen molar-refractivity contribution in [3.8, 4) is 0 Å². The monoisotopic (exact) mass is 447 g/mol. The first-order chi connectivity index (χ1) is 14.7. The first kappa shape index (κ1) is 22.3. The second-order valence-electron chi connectivity index (χ2n) is 6.98. The Morgan fingerprint density at radius 1 is 1.35 bits per heavy atom. The summed E-state index contributed by atoms with van der Waals surface area (Å²) in [6, 6.07) is 3.63. The van der Waals surface area contributed by atoms with Gasteiger partial charge in [-0.05, 0) is 42.2 Å². The van der Waals surface area contributed by atoms with Crippen LogP contribution in [0.2, 0.25) is 5.02 Å². The van der Waals surface area contributed by atoms with Crippen molar-refractivity contribution < 1.29 is 19.1 Å². The number of aromatic nitrogens is 4. The maximum Gasteiger partial charge on any atom is 0.405 e. The number of hydrogen-bond donors (Lipinski definition) is 3. The summed E-state index contributed by atoms with van der Waals surface area (Å²) < 4.78 is 16.5. The molecule has 2 amide bonds. The number of nitrogens with one attached hydrogen (secondary N) is 2. The molecule has 1 aromatic carbocycles. The van der Waals surface area contributed by atoms with Crippen molar-refractivity contribution in [1.29, 1.82) is 0 Å². The second kappa shape index (κ2) is 9.17. The number of amides is 2. The van der Waals surface area contributed by atoms with E-state index < -0.39 is 11.9 Å². The molecule has 0 aliphatic heterocycles. The number of nitrogens with zero attached hydrogens (tertiary/aromatic N) is 4. The van der Waals surface area contributed by atoms with Gasteiger partial charge in [0, 0.05) is 32.9 Å². The molecular weight excluding hydrogens is 427 g/mol. The number of anilines is 1. The zero-order chi connectivity index (χ0) is 22.7. The van der Waals surface area contributed by atoms with Gasteiger partial charge in [0.2, 0.25) is 0 Å². The lowest BCUT2D eigenvalue weighted by Crippen LogP contribution is -2.24. The van der Waals surface area contributed by atoms with Crippen LogP contribution in [0.5, 0.6) is 0 Å². The average molecular weight is 448 g/mol. The lowest BCUT2D eigenvalue weighted by Gasteiger charge is -2.09. The largest absolute Gasteiger partial charge is 0.465 e. The molecule has 3 N–H and O–H groups in total. The van der Waals surface area contributed by atoms with Crippen molar-refractivity contribution in [3.05, 3.63) is 71.1 Å². The van der Waals surface area contributed by atoms with Gasteiger partial charge in [0.05, 0.1) is 11.1 Å². The van der Waals surface area contributed by atoms with E-state index in [0.29, 0.717) is 30.0 Å². The van der Waals surface area contributed by atoms with Gasteiger partial charge < -0.3 is 20.3 Å². The summed E-state index contributed by atoms with van der Waals surface area (Å²) in [6.45, 7) is 3.50. The van der Waals surface area contributed by atoms with Gasteiger partial charge in [-0.2, -0.15) is 5.10 Å². The number of fused-ring (bicyclic) bond motifs is 1. The molecule has 0 bridgehead atoms. The van der Waals surface area contributed by atoms with E-state index in [1.807, 2.05) is 7.05 Å². The Bertz CT molecular complexity index is 1110. The van der Waals surface area contributed by atoms with E-state index in [9.17, 15) is 14.0 Å². The molecular formula is C20H21ClFN6O3. The molecule has 163 valence electrons. The van der Waals surface area contributed by atoms with Gasteiger partial charge >= 0.3 is 6.09 Å². The Hall–Kier alpha value is -3.40. The fraction of sp³-hybridized carbons (Fsp3) is 0.250. The highest BCUT2D eigenvalue weighted by atomic mass is 35.5. The van der Waals surface area contributed by atoms with E-state index in [1.54, 1.807) is 28.8 Å². The average Bonchev–Trinajstić information content (AvgIpc) is 3.34. The summed E-state index contributed by atoms with van der Waals surface area (Å²) in [4.78, 5) is 27.2. The number of aryl methyl sites for hydroxylation is 2. The van der Waals surface area contributed by atoms with Crippen LogP contribution in [0.3, 0.4) is 0 Å². The van der Waals surface area contributed by atoms with E-state index in [4.69, 9.17) is 16.7 Å². The minimum absolute atomic E-state index is 0.0735. The van der Waals surface area contributed by atoms with Crippen LogP contribution in [0, 0.1) is 12.7 Å². The molecule has 3 aromatic rings. The minimum Gasteiger partial charge on any atom is -0.465 e. The molecule has 0 saturated heterocycles. The fourth-order valence-corrected chi connectivity index (χ4v) is 3.63. The summed E-state index contributed by atoms with van der Waals surface area (Å²) in [6.07, 6.45) is 3.50. The normalized spacial score (nSPS) is 14.4.